The van der Waals surface area contributed by atoms with Crippen LogP contribution in [0, 0.1) is 0 Å². The summed E-state index contributed by atoms with van der Waals surface area (Å²) in [4.78, 5) is 12.7. The zero-order valence-electron chi connectivity index (χ0n) is 12.1. The fraction of sp³-hybridized carbons (Fsp3) is 0.235. The molecule has 1 atom stereocenters. The minimum Gasteiger partial charge on any atom is -0.497 e. The molecule has 0 fully saturated rings. The van der Waals surface area contributed by atoms with Crippen LogP contribution in [0.4, 0.5) is 5.69 Å². The van der Waals surface area contributed by atoms with E-state index in [4.69, 9.17) is 9.47 Å². The van der Waals surface area contributed by atoms with E-state index in [2.05, 4.69) is 5.32 Å². The maximum absolute atomic E-state index is 12.7. The Morgan fingerprint density at radius 3 is 2.33 bits per heavy atom. The zero-order valence-corrected chi connectivity index (χ0v) is 12.1. The van der Waals surface area contributed by atoms with Crippen molar-refractivity contribution in [3.63, 3.8) is 0 Å². The third-order valence-corrected chi connectivity index (χ3v) is 3.82. The van der Waals surface area contributed by atoms with Crippen molar-refractivity contribution >= 4 is 11.5 Å². The van der Waals surface area contributed by atoms with Crippen LogP contribution in [0.3, 0.4) is 0 Å². The van der Waals surface area contributed by atoms with Gasteiger partial charge in [-0.3, -0.25) is 4.79 Å². The van der Waals surface area contributed by atoms with E-state index in [-0.39, 0.29) is 11.7 Å². The van der Waals surface area contributed by atoms with Gasteiger partial charge in [0, 0.05) is 23.9 Å². The van der Waals surface area contributed by atoms with E-state index in [0.29, 0.717) is 12.1 Å². The average Bonchev–Trinajstić information content (AvgIpc) is 2.55. The average molecular weight is 283 g/mol. The molecule has 0 bridgehead atoms. The first-order chi connectivity index (χ1) is 10.2. The molecule has 0 aromatic heterocycles. The molecule has 4 nitrogen and oxygen atoms in total. The van der Waals surface area contributed by atoms with Crippen molar-refractivity contribution in [3.8, 4) is 11.5 Å². The maximum atomic E-state index is 12.7. The normalized spacial score (nSPS) is 16.9. The van der Waals surface area contributed by atoms with E-state index >= 15 is 0 Å². The summed E-state index contributed by atoms with van der Waals surface area (Å²) in [7, 11) is 3.25. The Balaban J connectivity index is 1.90. The summed E-state index contributed by atoms with van der Waals surface area (Å²) in [6, 6.07) is 13.1. The minimum absolute atomic E-state index is 0.136. The number of carbonyl (C=O) groups is 1. The van der Waals surface area contributed by atoms with Gasteiger partial charge < -0.3 is 14.8 Å². The molecule has 1 heterocycles. The van der Waals surface area contributed by atoms with Crippen LogP contribution in [0.1, 0.15) is 21.8 Å². The summed E-state index contributed by atoms with van der Waals surface area (Å²) in [5.41, 5.74) is 2.54. The molecule has 108 valence electrons. The Morgan fingerprint density at radius 1 is 1.00 bits per heavy atom. The summed E-state index contributed by atoms with van der Waals surface area (Å²) in [6.45, 7) is 0.589. The lowest BCUT2D eigenvalue weighted by Gasteiger charge is -2.25. The minimum atomic E-state index is -0.170. The number of hydrogen-bond donors (Lipinski definition) is 1. The van der Waals surface area contributed by atoms with Gasteiger partial charge in [0.1, 0.15) is 11.5 Å². The quantitative estimate of drug-likeness (QED) is 0.940. The van der Waals surface area contributed by atoms with Crippen LogP contribution < -0.4 is 14.8 Å². The number of nitrogens with one attached hydrogen (secondary N) is 1. The van der Waals surface area contributed by atoms with Gasteiger partial charge in [0.2, 0.25) is 0 Å². The van der Waals surface area contributed by atoms with Crippen LogP contribution in [0.25, 0.3) is 0 Å². The summed E-state index contributed by atoms with van der Waals surface area (Å²) in [6.07, 6.45) is 0. The molecule has 0 aliphatic carbocycles. The standard InChI is InChI=1S/C17H17NO3/c1-20-12-5-3-11(4-6-12)15-10-18-16-9-13(21-2)7-8-14(16)17(15)19/h3-9,15,18H,10H2,1-2H3. The van der Waals surface area contributed by atoms with E-state index in [0.717, 1.165) is 22.7 Å². The Morgan fingerprint density at radius 2 is 1.67 bits per heavy atom. The molecule has 0 amide bonds. The number of fused-ring (bicyclic) bond motifs is 1. The number of anilines is 1. The smallest absolute Gasteiger partial charge is 0.174 e. The van der Waals surface area contributed by atoms with Crippen molar-refractivity contribution in [2.75, 3.05) is 26.1 Å². The first kappa shape index (κ1) is 13.5. The molecule has 3 rings (SSSR count). The molecule has 0 saturated heterocycles. The fourth-order valence-electron chi connectivity index (χ4n) is 2.61. The van der Waals surface area contributed by atoms with E-state index in [1.807, 2.05) is 42.5 Å². The Kier molecular flexibility index (Phi) is 3.52. The molecule has 2 aromatic rings. The maximum Gasteiger partial charge on any atom is 0.174 e. The molecule has 1 N–H and O–H groups in total. The highest BCUT2D eigenvalue weighted by molar-refractivity contribution is 6.07. The van der Waals surface area contributed by atoms with Crippen molar-refractivity contribution in [2.24, 2.45) is 0 Å². The van der Waals surface area contributed by atoms with Crippen molar-refractivity contribution < 1.29 is 14.3 Å². The molecule has 0 spiro atoms. The van der Waals surface area contributed by atoms with Gasteiger partial charge in [0.25, 0.3) is 0 Å². The number of hydrogen-bond acceptors (Lipinski definition) is 4. The number of methoxy groups -OCH3 is 2. The largest absolute Gasteiger partial charge is 0.497 e. The highest BCUT2D eigenvalue weighted by Gasteiger charge is 2.28. The van der Waals surface area contributed by atoms with Crippen LogP contribution in [-0.4, -0.2) is 26.5 Å². The highest BCUT2D eigenvalue weighted by atomic mass is 16.5. The Hall–Kier alpha value is -2.49. The van der Waals surface area contributed by atoms with Crippen molar-refractivity contribution in [3.05, 3.63) is 53.6 Å². The van der Waals surface area contributed by atoms with Gasteiger partial charge in [-0.1, -0.05) is 12.1 Å². The van der Waals surface area contributed by atoms with Gasteiger partial charge in [0.05, 0.1) is 20.1 Å². The highest BCUT2D eigenvalue weighted by Crippen LogP contribution is 2.33. The molecular weight excluding hydrogens is 266 g/mol. The molecule has 1 unspecified atom stereocenters. The monoisotopic (exact) mass is 283 g/mol. The fourth-order valence-corrected chi connectivity index (χ4v) is 2.61. The predicted octanol–water partition coefficient (Wildman–Crippen LogP) is 3.10. The molecule has 0 saturated carbocycles. The van der Waals surface area contributed by atoms with E-state index in [9.17, 15) is 4.79 Å². The number of Topliss-reactive ketones (excluding diaryl/α,β-unsaturated/α-hetero) is 1. The van der Waals surface area contributed by atoms with Crippen LogP contribution >= 0.6 is 0 Å². The second-order valence-electron chi connectivity index (χ2n) is 4.98. The number of rotatable bonds is 3. The van der Waals surface area contributed by atoms with Gasteiger partial charge in [-0.2, -0.15) is 0 Å². The topological polar surface area (TPSA) is 47.6 Å². The van der Waals surface area contributed by atoms with Crippen molar-refractivity contribution in [1.82, 2.24) is 0 Å². The second kappa shape index (κ2) is 5.48. The van der Waals surface area contributed by atoms with Crippen molar-refractivity contribution in [1.29, 1.82) is 0 Å². The molecule has 1 aliphatic heterocycles. The molecule has 21 heavy (non-hydrogen) atoms. The second-order valence-corrected chi connectivity index (χ2v) is 4.98. The third-order valence-electron chi connectivity index (χ3n) is 3.82. The van der Waals surface area contributed by atoms with Gasteiger partial charge in [-0.15, -0.1) is 0 Å². The molecule has 4 heteroatoms. The summed E-state index contributed by atoms with van der Waals surface area (Å²) in [5.74, 6) is 1.51. The Bertz CT molecular complexity index is 664. The van der Waals surface area contributed by atoms with Crippen LogP contribution in [-0.2, 0) is 0 Å². The van der Waals surface area contributed by atoms with Crippen LogP contribution in [0.2, 0.25) is 0 Å². The third kappa shape index (κ3) is 2.44. The van der Waals surface area contributed by atoms with E-state index in [1.54, 1.807) is 14.2 Å². The summed E-state index contributed by atoms with van der Waals surface area (Å²) in [5, 5.41) is 3.31. The summed E-state index contributed by atoms with van der Waals surface area (Å²) < 4.78 is 10.3. The van der Waals surface area contributed by atoms with Crippen LogP contribution in [0.15, 0.2) is 42.5 Å². The summed E-state index contributed by atoms with van der Waals surface area (Å²) >= 11 is 0. The first-order valence-electron chi connectivity index (χ1n) is 6.83. The predicted molar refractivity (Wildman–Crippen MR) is 81.5 cm³/mol. The SMILES string of the molecule is COc1ccc(C2CNc3cc(OC)ccc3C2=O)cc1. The lowest BCUT2D eigenvalue weighted by Crippen LogP contribution is -2.27. The zero-order chi connectivity index (χ0) is 14.8. The molecular formula is C17H17NO3. The molecule has 0 radical (unpaired) electrons. The number of ketones is 1. The Labute approximate surface area is 123 Å². The molecule has 2 aromatic carbocycles. The van der Waals surface area contributed by atoms with E-state index < -0.39 is 0 Å². The molecule has 1 aliphatic rings. The lowest BCUT2D eigenvalue weighted by molar-refractivity contribution is 0.0960. The van der Waals surface area contributed by atoms with Gasteiger partial charge >= 0.3 is 0 Å². The van der Waals surface area contributed by atoms with Gasteiger partial charge in [-0.25, -0.2) is 0 Å². The van der Waals surface area contributed by atoms with Crippen LogP contribution in [0.5, 0.6) is 11.5 Å². The van der Waals surface area contributed by atoms with Crippen molar-refractivity contribution in [2.45, 2.75) is 5.92 Å². The first-order valence-corrected chi connectivity index (χ1v) is 6.83. The number of ether oxygens (including phenoxy) is 2. The van der Waals surface area contributed by atoms with E-state index in [1.165, 1.54) is 0 Å². The van der Waals surface area contributed by atoms with Gasteiger partial charge in [-0.05, 0) is 29.8 Å². The van der Waals surface area contributed by atoms with Gasteiger partial charge in [0.15, 0.2) is 5.78 Å². The number of benzene rings is 2. The number of carbonyl (C=O) groups excluding carboxylic acids is 1. The lowest BCUT2D eigenvalue weighted by atomic mass is 9.87.